The van der Waals surface area contributed by atoms with Gasteiger partial charge in [0.2, 0.25) is 0 Å². The van der Waals surface area contributed by atoms with Crippen LogP contribution in [0.1, 0.15) is 38.4 Å². The van der Waals surface area contributed by atoms with E-state index < -0.39 is 0 Å². The Balaban J connectivity index is 2.29. The molecule has 1 saturated carbocycles. The van der Waals surface area contributed by atoms with Crippen LogP contribution in [0.4, 0.5) is 0 Å². The van der Waals surface area contributed by atoms with Crippen LogP contribution < -0.4 is 5.73 Å². The van der Waals surface area contributed by atoms with Crippen LogP contribution in [0.2, 0.25) is 0 Å². The van der Waals surface area contributed by atoms with Gasteiger partial charge >= 0.3 is 0 Å². The lowest BCUT2D eigenvalue weighted by molar-refractivity contribution is 0.300. The van der Waals surface area contributed by atoms with Gasteiger partial charge in [-0.05, 0) is 18.8 Å². The molecule has 0 bridgehead atoms. The topological polar surface area (TPSA) is 54.7 Å². The molecule has 1 aliphatic carbocycles. The minimum Gasteiger partial charge on any atom is -0.347 e. The summed E-state index contributed by atoms with van der Waals surface area (Å²) >= 11 is 0. The van der Waals surface area contributed by atoms with Gasteiger partial charge in [-0.2, -0.15) is 0 Å². The second kappa shape index (κ2) is 3.14. The Labute approximate surface area is 78.7 Å². The lowest BCUT2D eigenvalue weighted by atomic mass is 9.85. The van der Waals surface area contributed by atoms with Crippen molar-refractivity contribution in [1.29, 1.82) is 0 Å². The third kappa shape index (κ3) is 1.27. The second-order valence-corrected chi connectivity index (χ2v) is 3.98. The Morgan fingerprint density at radius 1 is 1.77 bits per heavy atom. The third-order valence-electron chi connectivity index (χ3n) is 3.30. The average Bonchev–Trinajstić information content (AvgIpc) is 2.72. The maximum absolute atomic E-state index is 6.39. The number of aromatic nitrogens is 2. The Morgan fingerprint density at radius 2 is 2.62 bits per heavy atom. The Kier molecular flexibility index (Phi) is 2.12. The summed E-state index contributed by atoms with van der Waals surface area (Å²) < 4.78 is 0. The highest BCUT2D eigenvalue weighted by atomic mass is 15.0. The monoisotopic (exact) mass is 179 g/mol. The molecule has 1 aromatic heterocycles. The molecule has 2 atom stereocenters. The van der Waals surface area contributed by atoms with Gasteiger partial charge in [0.25, 0.3) is 0 Å². The Bertz CT molecular complexity index is 268. The van der Waals surface area contributed by atoms with Crippen molar-refractivity contribution in [3.63, 3.8) is 0 Å². The maximum Gasteiger partial charge on any atom is 0.126 e. The predicted molar refractivity (Wildman–Crippen MR) is 52.1 cm³/mol. The molecule has 13 heavy (non-hydrogen) atoms. The predicted octanol–water partition coefficient (Wildman–Crippen LogP) is 1.77. The standard InChI is InChI=1S/C10H17N3/c1-2-8-4-3-5-10(8,11)9-12-6-7-13-9/h6-8H,2-5,11H2,1H3,(H,12,13)/t8-,10-/m1/s1. The summed E-state index contributed by atoms with van der Waals surface area (Å²) in [5, 5.41) is 0. The SMILES string of the molecule is CC[C@@H]1CCC[C@]1(N)c1ncc[nH]1. The molecule has 1 heterocycles. The molecule has 0 saturated heterocycles. The summed E-state index contributed by atoms with van der Waals surface area (Å²) in [5.41, 5.74) is 6.20. The largest absolute Gasteiger partial charge is 0.347 e. The molecule has 72 valence electrons. The number of aromatic amines is 1. The van der Waals surface area contributed by atoms with Gasteiger partial charge in [0, 0.05) is 12.4 Å². The first-order valence-corrected chi connectivity index (χ1v) is 5.06. The molecule has 0 radical (unpaired) electrons. The van der Waals surface area contributed by atoms with Crippen LogP contribution in [0.25, 0.3) is 0 Å². The third-order valence-corrected chi connectivity index (χ3v) is 3.30. The van der Waals surface area contributed by atoms with E-state index in [2.05, 4.69) is 16.9 Å². The zero-order valence-corrected chi connectivity index (χ0v) is 8.09. The van der Waals surface area contributed by atoms with E-state index in [-0.39, 0.29) is 5.54 Å². The fourth-order valence-corrected chi connectivity index (χ4v) is 2.50. The Hall–Kier alpha value is -0.830. The van der Waals surface area contributed by atoms with Crippen molar-refractivity contribution in [3.8, 4) is 0 Å². The number of imidazole rings is 1. The van der Waals surface area contributed by atoms with Gasteiger partial charge in [-0.1, -0.05) is 19.8 Å². The van der Waals surface area contributed by atoms with Gasteiger partial charge in [-0.15, -0.1) is 0 Å². The summed E-state index contributed by atoms with van der Waals surface area (Å²) in [7, 11) is 0. The van der Waals surface area contributed by atoms with Gasteiger partial charge in [-0.3, -0.25) is 0 Å². The highest BCUT2D eigenvalue weighted by molar-refractivity contribution is 5.10. The summed E-state index contributed by atoms with van der Waals surface area (Å²) in [6.07, 6.45) is 8.34. The highest BCUT2D eigenvalue weighted by Gasteiger charge is 2.41. The molecule has 0 spiro atoms. The second-order valence-electron chi connectivity index (χ2n) is 3.98. The van der Waals surface area contributed by atoms with Gasteiger partial charge in [0.05, 0.1) is 5.54 Å². The average molecular weight is 179 g/mol. The lowest BCUT2D eigenvalue weighted by Gasteiger charge is -2.28. The fraction of sp³-hybridized carbons (Fsp3) is 0.700. The number of nitrogens with one attached hydrogen (secondary N) is 1. The molecule has 0 aliphatic heterocycles. The summed E-state index contributed by atoms with van der Waals surface area (Å²) in [5.74, 6) is 1.57. The van der Waals surface area contributed by atoms with E-state index in [1.54, 1.807) is 6.20 Å². The number of hydrogen-bond acceptors (Lipinski definition) is 2. The quantitative estimate of drug-likeness (QED) is 0.727. The van der Waals surface area contributed by atoms with E-state index >= 15 is 0 Å². The van der Waals surface area contributed by atoms with Crippen LogP contribution in [-0.2, 0) is 5.54 Å². The Morgan fingerprint density at radius 3 is 3.23 bits per heavy atom. The molecule has 1 aromatic rings. The van der Waals surface area contributed by atoms with Gasteiger partial charge in [-0.25, -0.2) is 4.98 Å². The zero-order chi connectivity index (χ0) is 9.31. The van der Waals surface area contributed by atoms with Gasteiger partial charge in [0.15, 0.2) is 0 Å². The van der Waals surface area contributed by atoms with E-state index in [9.17, 15) is 0 Å². The molecule has 1 fully saturated rings. The van der Waals surface area contributed by atoms with Crippen LogP contribution in [0.15, 0.2) is 12.4 Å². The van der Waals surface area contributed by atoms with Crippen molar-refractivity contribution < 1.29 is 0 Å². The van der Waals surface area contributed by atoms with Crippen molar-refractivity contribution in [2.24, 2.45) is 11.7 Å². The van der Waals surface area contributed by atoms with Crippen LogP contribution in [0.5, 0.6) is 0 Å². The number of rotatable bonds is 2. The zero-order valence-electron chi connectivity index (χ0n) is 8.09. The van der Waals surface area contributed by atoms with Crippen molar-refractivity contribution in [2.45, 2.75) is 38.1 Å². The van der Waals surface area contributed by atoms with Crippen LogP contribution in [0.3, 0.4) is 0 Å². The molecule has 0 amide bonds. The molecule has 0 unspecified atom stereocenters. The maximum atomic E-state index is 6.39. The highest BCUT2D eigenvalue weighted by Crippen LogP contribution is 2.41. The number of nitrogens with zero attached hydrogens (tertiary/aromatic N) is 1. The first kappa shape index (κ1) is 8.75. The number of hydrogen-bond donors (Lipinski definition) is 2. The van der Waals surface area contributed by atoms with E-state index in [4.69, 9.17) is 5.73 Å². The van der Waals surface area contributed by atoms with Crippen molar-refractivity contribution in [3.05, 3.63) is 18.2 Å². The normalized spacial score (nSPS) is 33.8. The number of nitrogens with two attached hydrogens (primary N) is 1. The van der Waals surface area contributed by atoms with E-state index in [1.807, 2.05) is 6.20 Å². The molecule has 3 N–H and O–H groups in total. The van der Waals surface area contributed by atoms with Crippen LogP contribution in [0, 0.1) is 5.92 Å². The minimum atomic E-state index is -0.182. The van der Waals surface area contributed by atoms with Crippen LogP contribution >= 0.6 is 0 Å². The minimum absolute atomic E-state index is 0.182. The smallest absolute Gasteiger partial charge is 0.126 e. The lowest BCUT2D eigenvalue weighted by Crippen LogP contribution is -2.41. The van der Waals surface area contributed by atoms with Crippen molar-refractivity contribution in [2.75, 3.05) is 0 Å². The molecular weight excluding hydrogens is 162 g/mol. The fourth-order valence-electron chi connectivity index (χ4n) is 2.50. The summed E-state index contributed by atoms with van der Waals surface area (Å²) in [6.45, 7) is 2.21. The molecule has 0 aromatic carbocycles. The summed E-state index contributed by atoms with van der Waals surface area (Å²) in [4.78, 5) is 7.44. The molecule has 3 nitrogen and oxygen atoms in total. The number of H-pyrrole nitrogens is 1. The van der Waals surface area contributed by atoms with Crippen molar-refractivity contribution >= 4 is 0 Å². The molecular formula is C10H17N3. The molecule has 3 heteroatoms. The summed E-state index contributed by atoms with van der Waals surface area (Å²) in [6, 6.07) is 0. The van der Waals surface area contributed by atoms with Gasteiger partial charge < -0.3 is 10.7 Å². The van der Waals surface area contributed by atoms with E-state index in [1.165, 1.54) is 12.8 Å². The molecule has 1 aliphatic rings. The van der Waals surface area contributed by atoms with Crippen molar-refractivity contribution in [1.82, 2.24) is 9.97 Å². The van der Waals surface area contributed by atoms with Crippen LogP contribution in [-0.4, -0.2) is 9.97 Å². The van der Waals surface area contributed by atoms with Gasteiger partial charge in [0.1, 0.15) is 5.82 Å². The van der Waals surface area contributed by atoms with E-state index in [0.29, 0.717) is 5.92 Å². The van der Waals surface area contributed by atoms with E-state index in [0.717, 1.165) is 18.7 Å². The first-order chi connectivity index (χ1) is 6.27. The first-order valence-electron chi connectivity index (χ1n) is 5.06. The molecule has 2 rings (SSSR count).